The van der Waals surface area contributed by atoms with Gasteiger partial charge in [-0.25, -0.2) is 4.98 Å². The molecule has 0 atom stereocenters. The molecule has 1 aromatic carbocycles. The maximum Gasteiger partial charge on any atom is 0.248 e. The van der Waals surface area contributed by atoms with Crippen LogP contribution in [0.4, 0.5) is 11.5 Å². The van der Waals surface area contributed by atoms with Gasteiger partial charge in [0.2, 0.25) is 5.91 Å². The van der Waals surface area contributed by atoms with Crippen LogP contribution in [0.1, 0.15) is 25.0 Å². The van der Waals surface area contributed by atoms with Crippen molar-refractivity contribution in [1.82, 2.24) is 4.98 Å². The van der Waals surface area contributed by atoms with Crippen molar-refractivity contribution in [2.75, 3.05) is 10.6 Å². The van der Waals surface area contributed by atoms with E-state index in [9.17, 15) is 4.79 Å². The summed E-state index contributed by atoms with van der Waals surface area (Å²) >= 11 is 0. The standard InChI is InChI=1S/C18H21N3O/c1-13(2)20-17-10-9-16(12-19-17)21-18(22)11-8-15-6-4-14(3)5-7-15/h4-13H,1-3H3,(H,19,20)(H,21,22)/b11-8+. The SMILES string of the molecule is Cc1ccc(/C=C/C(=O)Nc2ccc(NC(C)C)nc2)cc1. The Morgan fingerprint density at radius 2 is 1.86 bits per heavy atom. The van der Waals surface area contributed by atoms with Crippen LogP contribution in [0.15, 0.2) is 48.7 Å². The molecule has 0 radical (unpaired) electrons. The number of anilines is 2. The van der Waals surface area contributed by atoms with Crippen LogP contribution in [0.5, 0.6) is 0 Å². The molecule has 22 heavy (non-hydrogen) atoms. The highest BCUT2D eigenvalue weighted by Crippen LogP contribution is 2.11. The molecule has 0 aliphatic rings. The summed E-state index contributed by atoms with van der Waals surface area (Å²) in [5.41, 5.74) is 2.87. The second kappa shape index (κ2) is 7.41. The molecule has 0 bridgehead atoms. The van der Waals surface area contributed by atoms with Crippen molar-refractivity contribution in [3.05, 3.63) is 59.8 Å². The average molecular weight is 295 g/mol. The number of rotatable bonds is 5. The smallest absolute Gasteiger partial charge is 0.248 e. The van der Waals surface area contributed by atoms with E-state index in [1.807, 2.05) is 57.2 Å². The van der Waals surface area contributed by atoms with E-state index in [1.54, 1.807) is 12.3 Å². The predicted molar refractivity (Wildman–Crippen MR) is 91.8 cm³/mol. The first kappa shape index (κ1) is 15.8. The predicted octanol–water partition coefficient (Wildman–Crippen LogP) is 3.86. The summed E-state index contributed by atoms with van der Waals surface area (Å²) in [6.07, 6.45) is 4.95. The number of hydrogen-bond donors (Lipinski definition) is 2. The Bertz CT molecular complexity index is 643. The zero-order valence-electron chi connectivity index (χ0n) is 13.1. The van der Waals surface area contributed by atoms with Crippen molar-refractivity contribution in [1.29, 1.82) is 0 Å². The number of carbonyl (C=O) groups excluding carboxylic acids is 1. The fourth-order valence-corrected chi connectivity index (χ4v) is 1.88. The first-order valence-electron chi connectivity index (χ1n) is 7.31. The number of amides is 1. The lowest BCUT2D eigenvalue weighted by Crippen LogP contribution is -2.12. The van der Waals surface area contributed by atoms with Gasteiger partial charge in [-0.15, -0.1) is 0 Å². The molecule has 4 nitrogen and oxygen atoms in total. The number of aryl methyl sites for hydroxylation is 1. The van der Waals surface area contributed by atoms with Crippen molar-refractivity contribution in [2.24, 2.45) is 0 Å². The van der Waals surface area contributed by atoms with Crippen molar-refractivity contribution < 1.29 is 4.79 Å². The first-order valence-corrected chi connectivity index (χ1v) is 7.31. The maximum absolute atomic E-state index is 11.9. The van der Waals surface area contributed by atoms with E-state index in [0.29, 0.717) is 11.7 Å². The molecular weight excluding hydrogens is 274 g/mol. The third kappa shape index (κ3) is 5.05. The van der Waals surface area contributed by atoms with Gasteiger partial charge >= 0.3 is 0 Å². The maximum atomic E-state index is 11.9. The highest BCUT2D eigenvalue weighted by molar-refractivity contribution is 6.01. The van der Waals surface area contributed by atoms with E-state index in [1.165, 1.54) is 11.6 Å². The number of pyridine rings is 1. The van der Waals surface area contributed by atoms with Gasteiger partial charge in [0.15, 0.2) is 0 Å². The Balaban J connectivity index is 1.92. The number of hydrogen-bond acceptors (Lipinski definition) is 3. The van der Waals surface area contributed by atoms with Gasteiger partial charge < -0.3 is 10.6 Å². The summed E-state index contributed by atoms with van der Waals surface area (Å²) in [6, 6.07) is 12.0. The number of nitrogens with zero attached hydrogens (tertiary/aromatic N) is 1. The van der Waals surface area contributed by atoms with E-state index >= 15 is 0 Å². The minimum atomic E-state index is -0.174. The summed E-state index contributed by atoms with van der Waals surface area (Å²) < 4.78 is 0. The Kier molecular flexibility index (Phi) is 5.31. The van der Waals surface area contributed by atoms with Crippen molar-refractivity contribution in [3.8, 4) is 0 Å². The van der Waals surface area contributed by atoms with Gasteiger partial charge in [-0.2, -0.15) is 0 Å². The van der Waals surface area contributed by atoms with Crippen molar-refractivity contribution >= 4 is 23.5 Å². The highest BCUT2D eigenvalue weighted by Gasteiger charge is 2.00. The molecule has 114 valence electrons. The molecule has 0 fully saturated rings. The molecule has 2 aromatic rings. The number of benzene rings is 1. The van der Waals surface area contributed by atoms with Gasteiger partial charge in [-0.05, 0) is 44.5 Å². The second-order valence-electron chi connectivity index (χ2n) is 5.46. The number of aromatic nitrogens is 1. The van der Waals surface area contributed by atoms with Crippen LogP contribution in [0, 0.1) is 6.92 Å². The molecule has 1 aromatic heterocycles. The van der Waals surface area contributed by atoms with Crippen LogP contribution in [0.3, 0.4) is 0 Å². The Morgan fingerprint density at radius 1 is 1.14 bits per heavy atom. The van der Waals surface area contributed by atoms with Crippen molar-refractivity contribution in [3.63, 3.8) is 0 Å². The molecule has 1 amide bonds. The normalized spacial score (nSPS) is 10.9. The van der Waals surface area contributed by atoms with Gasteiger partial charge in [0.1, 0.15) is 5.82 Å². The fourth-order valence-electron chi connectivity index (χ4n) is 1.88. The number of carbonyl (C=O) groups is 1. The Morgan fingerprint density at radius 3 is 2.45 bits per heavy atom. The van der Waals surface area contributed by atoms with Crippen LogP contribution in [-0.2, 0) is 4.79 Å². The van der Waals surface area contributed by atoms with Crippen LogP contribution in [0.25, 0.3) is 6.08 Å². The lowest BCUT2D eigenvalue weighted by atomic mass is 10.1. The summed E-state index contributed by atoms with van der Waals surface area (Å²) in [5.74, 6) is 0.621. The van der Waals surface area contributed by atoms with E-state index < -0.39 is 0 Å². The monoisotopic (exact) mass is 295 g/mol. The van der Waals surface area contributed by atoms with Gasteiger partial charge in [-0.3, -0.25) is 4.79 Å². The average Bonchev–Trinajstić information content (AvgIpc) is 2.48. The zero-order chi connectivity index (χ0) is 15.9. The van der Waals surface area contributed by atoms with E-state index in [4.69, 9.17) is 0 Å². The van der Waals surface area contributed by atoms with Crippen LogP contribution in [-0.4, -0.2) is 16.9 Å². The molecule has 0 spiro atoms. The molecule has 0 aliphatic heterocycles. The minimum absolute atomic E-state index is 0.174. The molecule has 0 unspecified atom stereocenters. The van der Waals surface area contributed by atoms with E-state index in [-0.39, 0.29) is 5.91 Å². The van der Waals surface area contributed by atoms with Crippen LogP contribution in [0.2, 0.25) is 0 Å². The largest absolute Gasteiger partial charge is 0.368 e. The number of nitrogens with one attached hydrogen (secondary N) is 2. The molecule has 0 aliphatic carbocycles. The second-order valence-corrected chi connectivity index (χ2v) is 5.46. The highest BCUT2D eigenvalue weighted by atomic mass is 16.1. The van der Waals surface area contributed by atoms with E-state index in [2.05, 4.69) is 15.6 Å². The molecule has 0 saturated heterocycles. The van der Waals surface area contributed by atoms with Crippen LogP contribution < -0.4 is 10.6 Å². The third-order valence-electron chi connectivity index (χ3n) is 2.97. The summed E-state index contributed by atoms with van der Waals surface area (Å²) in [4.78, 5) is 16.1. The Hall–Kier alpha value is -2.62. The lowest BCUT2D eigenvalue weighted by Gasteiger charge is -2.09. The topological polar surface area (TPSA) is 54.0 Å². The minimum Gasteiger partial charge on any atom is -0.368 e. The fraction of sp³-hybridized carbons (Fsp3) is 0.222. The van der Waals surface area contributed by atoms with Crippen molar-refractivity contribution in [2.45, 2.75) is 26.8 Å². The third-order valence-corrected chi connectivity index (χ3v) is 2.97. The van der Waals surface area contributed by atoms with Gasteiger partial charge in [0, 0.05) is 12.1 Å². The van der Waals surface area contributed by atoms with E-state index in [0.717, 1.165) is 11.4 Å². The molecule has 0 saturated carbocycles. The first-order chi connectivity index (χ1) is 10.5. The molecule has 2 N–H and O–H groups in total. The molecular formula is C18H21N3O. The van der Waals surface area contributed by atoms with Crippen LogP contribution >= 0.6 is 0 Å². The van der Waals surface area contributed by atoms with Gasteiger partial charge in [-0.1, -0.05) is 29.8 Å². The lowest BCUT2D eigenvalue weighted by molar-refractivity contribution is -0.111. The molecule has 1 heterocycles. The molecule has 4 heteroatoms. The summed E-state index contributed by atoms with van der Waals surface area (Å²) in [5, 5.41) is 5.99. The van der Waals surface area contributed by atoms with Gasteiger partial charge in [0.25, 0.3) is 0 Å². The summed E-state index contributed by atoms with van der Waals surface area (Å²) in [7, 11) is 0. The van der Waals surface area contributed by atoms with Gasteiger partial charge in [0.05, 0.1) is 11.9 Å². The molecule has 2 rings (SSSR count). The Labute approximate surface area is 131 Å². The summed E-state index contributed by atoms with van der Waals surface area (Å²) in [6.45, 7) is 6.13. The quantitative estimate of drug-likeness (QED) is 0.823. The zero-order valence-corrected chi connectivity index (χ0v) is 13.1.